The first-order valence-electron chi connectivity index (χ1n) is 6.90. The predicted molar refractivity (Wildman–Crippen MR) is 70.8 cm³/mol. The van der Waals surface area contributed by atoms with Crippen molar-refractivity contribution in [1.82, 2.24) is 5.32 Å². The minimum absolute atomic E-state index is 0.0529. The second kappa shape index (κ2) is 6.30. The van der Waals surface area contributed by atoms with Crippen molar-refractivity contribution in [2.24, 2.45) is 0 Å². The van der Waals surface area contributed by atoms with Crippen LogP contribution >= 0.6 is 0 Å². The highest BCUT2D eigenvalue weighted by atomic mass is 19.1. The summed E-state index contributed by atoms with van der Waals surface area (Å²) in [5.74, 6) is -0.285. The standard InChI is InChI=1S/C15H22FNO/c1-2-5-13-8-4-9-14(17-13)15(18)11-6-3-7-12(16)10-11/h3,6-7,10,13-15,17-18H,2,4-5,8-9H2,1H3/t13-,14-,15-/m1/s1. The summed E-state index contributed by atoms with van der Waals surface area (Å²) in [6, 6.07) is 6.83. The van der Waals surface area contributed by atoms with Crippen LogP contribution in [0.4, 0.5) is 4.39 Å². The summed E-state index contributed by atoms with van der Waals surface area (Å²) in [7, 11) is 0. The summed E-state index contributed by atoms with van der Waals surface area (Å²) in [6.07, 6.45) is 4.96. The van der Waals surface area contributed by atoms with Gasteiger partial charge in [-0.15, -0.1) is 0 Å². The average molecular weight is 251 g/mol. The molecule has 0 aromatic heterocycles. The molecule has 1 heterocycles. The third kappa shape index (κ3) is 3.30. The number of rotatable bonds is 4. The summed E-state index contributed by atoms with van der Waals surface area (Å²) in [5, 5.41) is 13.8. The molecule has 1 fully saturated rings. The van der Waals surface area contributed by atoms with Gasteiger partial charge in [-0.3, -0.25) is 0 Å². The van der Waals surface area contributed by atoms with E-state index in [-0.39, 0.29) is 11.9 Å². The van der Waals surface area contributed by atoms with E-state index in [1.165, 1.54) is 18.6 Å². The summed E-state index contributed by atoms with van der Waals surface area (Å²) in [5.41, 5.74) is 0.671. The van der Waals surface area contributed by atoms with Gasteiger partial charge in [-0.2, -0.15) is 0 Å². The normalized spacial score (nSPS) is 25.9. The van der Waals surface area contributed by atoms with E-state index < -0.39 is 6.10 Å². The molecule has 3 atom stereocenters. The van der Waals surface area contributed by atoms with Crippen LogP contribution in [0.1, 0.15) is 50.7 Å². The molecule has 100 valence electrons. The summed E-state index contributed by atoms with van der Waals surface area (Å²) < 4.78 is 13.2. The number of piperidine rings is 1. The monoisotopic (exact) mass is 251 g/mol. The van der Waals surface area contributed by atoms with Gasteiger partial charge in [0.05, 0.1) is 6.10 Å². The summed E-state index contributed by atoms with van der Waals surface area (Å²) in [4.78, 5) is 0. The highest BCUT2D eigenvalue weighted by Crippen LogP contribution is 2.26. The molecular formula is C15H22FNO. The van der Waals surface area contributed by atoms with Crippen LogP contribution in [0.3, 0.4) is 0 Å². The van der Waals surface area contributed by atoms with Crippen LogP contribution in [0, 0.1) is 5.82 Å². The summed E-state index contributed by atoms with van der Waals surface area (Å²) in [6.45, 7) is 2.17. The zero-order valence-electron chi connectivity index (χ0n) is 10.9. The molecule has 0 amide bonds. The Labute approximate surface area is 108 Å². The molecule has 1 aliphatic rings. The molecule has 1 saturated heterocycles. The van der Waals surface area contributed by atoms with Gasteiger partial charge in [0, 0.05) is 12.1 Å². The SMILES string of the molecule is CCC[C@@H]1CCC[C@H]([C@H](O)c2cccc(F)c2)N1. The van der Waals surface area contributed by atoms with Crippen LogP contribution < -0.4 is 5.32 Å². The molecule has 0 radical (unpaired) electrons. The minimum atomic E-state index is -0.611. The molecule has 0 spiro atoms. The number of aliphatic hydroxyl groups is 1. The maximum absolute atomic E-state index is 13.2. The molecule has 2 N–H and O–H groups in total. The Bertz CT molecular complexity index is 381. The molecule has 0 bridgehead atoms. The van der Waals surface area contributed by atoms with Gasteiger partial charge in [0.1, 0.15) is 5.82 Å². The Balaban J connectivity index is 2.02. The van der Waals surface area contributed by atoms with Crippen LogP contribution in [-0.2, 0) is 0 Å². The van der Waals surface area contributed by atoms with Crippen molar-refractivity contribution in [1.29, 1.82) is 0 Å². The topological polar surface area (TPSA) is 32.3 Å². The van der Waals surface area contributed by atoms with Crippen LogP contribution in [-0.4, -0.2) is 17.2 Å². The first-order chi connectivity index (χ1) is 8.70. The van der Waals surface area contributed by atoms with E-state index in [2.05, 4.69) is 12.2 Å². The van der Waals surface area contributed by atoms with Crippen LogP contribution in [0.25, 0.3) is 0 Å². The van der Waals surface area contributed by atoms with Gasteiger partial charge in [-0.25, -0.2) is 4.39 Å². The average Bonchev–Trinajstić information content (AvgIpc) is 2.39. The summed E-state index contributed by atoms with van der Waals surface area (Å²) >= 11 is 0. The fraction of sp³-hybridized carbons (Fsp3) is 0.600. The fourth-order valence-electron chi connectivity index (χ4n) is 2.80. The molecule has 0 aliphatic carbocycles. The number of benzene rings is 1. The molecule has 0 unspecified atom stereocenters. The first-order valence-corrected chi connectivity index (χ1v) is 6.90. The fourth-order valence-corrected chi connectivity index (χ4v) is 2.80. The van der Waals surface area contributed by atoms with Crippen molar-refractivity contribution in [3.05, 3.63) is 35.6 Å². The van der Waals surface area contributed by atoms with E-state index in [0.717, 1.165) is 25.7 Å². The second-order valence-electron chi connectivity index (χ2n) is 5.19. The quantitative estimate of drug-likeness (QED) is 0.861. The number of nitrogens with one attached hydrogen (secondary N) is 1. The van der Waals surface area contributed by atoms with Crippen molar-refractivity contribution >= 4 is 0 Å². The largest absolute Gasteiger partial charge is 0.387 e. The van der Waals surface area contributed by atoms with E-state index in [1.54, 1.807) is 12.1 Å². The third-order valence-electron chi connectivity index (χ3n) is 3.73. The van der Waals surface area contributed by atoms with Gasteiger partial charge < -0.3 is 10.4 Å². The van der Waals surface area contributed by atoms with Crippen molar-refractivity contribution < 1.29 is 9.50 Å². The lowest BCUT2D eigenvalue weighted by Gasteiger charge is -2.34. The van der Waals surface area contributed by atoms with Gasteiger partial charge >= 0.3 is 0 Å². The Hall–Kier alpha value is -0.930. The second-order valence-corrected chi connectivity index (χ2v) is 5.19. The molecule has 1 aromatic rings. The zero-order valence-corrected chi connectivity index (χ0v) is 10.9. The minimum Gasteiger partial charge on any atom is -0.387 e. The molecule has 3 heteroatoms. The lowest BCUT2D eigenvalue weighted by atomic mass is 9.90. The lowest BCUT2D eigenvalue weighted by molar-refractivity contribution is 0.0995. The van der Waals surface area contributed by atoms with Crippen molar-refractivity contribution in [2.75, 3.05) is 0 Å². The molecule has 1 aromatic carbocycles. The molecule has 2 rings (SSSR count). The molecule has 0 saturated carbocycles. The van der Waals surface area contributed by atoms with Crippen LogP contribution in [0.2, 0.25) is 0 Å². The van der Waals surface area contributed by atoms with Crippen LogP contribution in [0.15, 0.2) is 24.3 Å². The predicted octanol–water partition coefficient (Wildman–Crippen LogP) is 3.17. The van der Waals surface area contributed by atoms with Crippen molar-refractivity contribution in [3.8, 4) is 0 Å². The van der Waals surface area contributed by atoms with Gasteiger partial charge in [0.15, 0.2) is 0 Å². The molecule has 2 nitrogen and oxygen atoms in total. The lowest BCUT2D eigenvalue weighted by Crippen LogP contribution is -2.45. The maximum Gasteiger partial charge on any atom is 0.123 e. The number of hydrogen-bond acceptors (Lipinski definition) is 2. The molecular weight excluding hydrogens is 229 g/mol. The Morgan fingerprint density at radius 2 is 2.28 bits per heavy atom. The van der Waals surface area contributed by atoms with Gasteiger partial charge in [0.25, 0.3) is 0 Å². The van der Waals surface area contributed by atoms with Crippen molar-refractivity contribution in [3.63, 3.8) is 0 Å². The number of halogens is 1. The van der Waals surface area contributed by atoms with Crippen LogP contribution in [0.5, 0.6) is 0 Å². The van der Waals surface area contributed by atoms with Gasteiger partial charge in [0.2, 0.25) is 0 Å². The van der Waals surface area contributed by atoms with E-state index in [0.29, 0.717) is 11.6 Å². The maximum atomic E-state index is 13.2. The van der Waals surface area contributed by atoms with E-state index in [9.17, 15) is 9.50 Å². The first kappa shape index (κ1) is 13.5. The smallest absolute Gasteiger partial charge is 0.123 e. The third-order valence-corrected chi connectivity index (χ3v) is 3.73. The highest BCUT2D eigenvalue weighted by Gasteiger charge is 2.27. The van der Waals surface area contributed by atoms with Crippen molar-refractivity contribution in [2.45, 2.75) is 57.2 Å². The van der Waals surface area contributed by atoms with Gasteiger partial charge in [-0.05, 0) is 37.0 Å². The highest BCUT2D eigenvalue weighted by molar-refractivity contribution is 5.20. The zero-order chi connectivity index (χ0) is 13.0. The number of hydrogen-bond donors (Lipinski definition) is 2. The van der Waals surface area contributed by atoms with E-state index in [4.69, 9.17) is 0 Å². The molecule has 18 heavy (non-hydrogen) atoms. The Morgan fingerprint density at radius 1 is 1.44 bits per heavy atom. The van der Waals surface area contributed by atoms with Gasteiger partial charge in [-0.1, -0.05) is 31.9 Å². The van der Waals surface area contributed by atoms with E-state index >= 15 is 0 Å². The Morgan fingerprint density at radius 3 is 3.00 bits per heavy atom. The van der Waals surface area contributed by atoms with E-state index in [1.807, 2.05) is 0 Å². The Kier molecular flexibility index (Phi) is 4.72. The molecule has 1 aliphatic heterocycles. The number of aliphatic hydroxyl groups excluding tert-OH is 1.